The molecule has 7 heteroatoms. The van der Waals surface area contributed by atoms with Gasteiger partial charge in [0.2, 0.25) is 0 Å². The predicted octanol–water partition coefficient (Wildman–Crippen LogP) is 5.47. The lowest BCUT2D eigenvalue weighted by Crippen LogP contribution is -2.14. The molecule has 5 nitrogen and oxygen atoms in total. The van der Waals surface area contributed by atoms with Gasteiger partial charge in [0.15, 0.2) is 0 Å². The van der Waals surface area contributed by atoms with Crippen molar-refractivity contribution in [1.82, 2.24) is 0 Å². The summed E-state index contributed by atoms with van der Waals surface area (Å²) in [6, 6.07) is 26.4. The molecule has 150 valence electrons. The van der Waals surface area contributed by atoms with E-state index in [1.807, 2.05) is 41.8 Å². The maximum atomic E-state index is 12.8. The molecule has 0 unspecified atom stereocenters. The zero-order valence-electron chi connectivity index (χ0n) is 15.8. The van der Waals surface area contributed by atoms with Crippen molar-refractivity contribution in [2.75, 3.05) is 10.0 Å². The van der Waals surface area contributed by atoms with Crippen molar-refractivity contribution in [1.29, 1.82) is 0 Å². The number of carbonyl (C=O) groups excluding carboxylic acids is 1. The summed E-state index contributed by atoms with van der Waals surface area (Å²) in [7, 11) is -3.71. The number of thiophene rings is 1. The number of rotatable bonds is 6. The molecule has 0 saturated carbocycles. The van der Waals surface area contributed by atoms with E-state index in [0.717, 1.165) is 11.1 Å². The van der Waals surface area contributed by atoms with E-state index in [1.165, 1.54) is 23.5 Å². The third-order valence-electron chi connectivity index (χ3n) is 4.38. The lowest BCUT2D eigenvalue weighted by atomic mass is 10.1. The molecule has 0 fully saturated rings. The zero-order valence-corrected chi connectivity index (χ0v) is 17.4. The van der Waals surface area contributed by atoms with Crippen molar-refractivity contribution in [3.8, 4) is 11.1 Å². The van der Waals surface area contributed by atoms with Gasteiger partial charge in [-0.15, -0.1) is 11.3 Å². The first-order valence-corrected chi connectivity index (χ1v) is 11.5. The highest BCUT2D eigenvalue weighted by atomic mass is 32.2. The average Bonchev–Trinajstić information content (AvgIpc) is 3.25. The van der Waals surface area contributed by atoms with E-state index >= 15 is 0 Å². The van der Waals surface area contributed by atoms with Crippen molar-refractivity contribution in [3.63, 3.8) is 0 Å². The second kappa shape index (κ2) is 8.52. The molecular weight excluding hydrogens is 416 g/mol. The number of nitrogens with one attached hydrogen (secondary N) is 2. The molecule has 3 aromatic carbocycles. The maximum absolute atomic E-state index is 12.8. The molecule has 1 heterocycles. The molecule has 30 heavy (non-hydrogen) atoms. The molecule has 4 rings (SSSR count). The van der Waals surface area contributed by atoms with Crippen LogP contribution in [0, 0.1) is 0 Å². The lowest BCUT2D eigenvalue weighted by Gasteiger charge is -2.11. The highest BCUT2D eigenvalue weighted by molar-refractivity contribution is 7.92. The number of hydrogen-bond acceptors (Lipinski definition) is 4. The smallest absolute Gasteiger partial charge is 0.266 e. The molecule has 0 bridgehead atoms. The van der Waals surface area contributed by atoms with Crippen molar-refractivity contribution >= 4 is 38.6 Å². The van der Waals surface area contributed by atoms with Crippen molar-refractivity contribution in [2.24, 2.45) is 0 Å². The number of hydrogen-bond donors (Lipinski definition) is 2. The number of amides is 1. The molecule has 0 spiro atoms. The first kappa shape index (κ1) is 19.9. The standard InChI is InChI=1S/C23H18N2O3S2/c26-23(22-21(14-15-29-22)17-8-3-1-4-9-17)24-18-10-7-11-19(16-18)25-30(27,28)20-12-5-2-6-13-20/h1-16,25H,(H,24,26). The summed E-state index contributed by atoms with van der Waals surface area (Å²) in [5.41, 5.74) is 2.69. The quantitative estimate of drug-likeness (QED) is 0.423. The molecule has 1 amide bonds. The van der Waals surface area contributed by atoms with E-state index in [2.05, 4.69) is 10.0 Å². The Morgan fingerprint density at radius 2 is 1.43 bits per heavy atom. The summed E-state index contributed by atoms with van der Waals surface area (Å²) in [6.45, 7) is 0. The largest absolute Gasteiger partial charge is 0.321 e. The minimum atomic E-state index is -3.71. The summed E-state index contributed by atoms with van der Waals surface area (Å²) in [4.78, 5) is 13.6. The second-order valence-corrected chi connectivity index (χ2v) is 9.08. The van der Waals surface area contributed by atoms with Gasteiger partial charge in [-0.1, -0.05) is 54.6 Å². The first-order chi connectivity index (χ1) is 14.5. The molecule has 2 N–H and O–H groups in total. The van der Waals surface area contributed by atoms with Crippen LogP contribution in [0.15, 0.2) is 101 Å². The Bertz CT molecular complexity index is 1270. The van der Waals surface area contributed by atoms with Crippen LogP contribution in [0.1, 0.15) is 9.67 Å². The van der Waals surface area contributed by atoms with Crippen LogP contribution in [0.25, 0.3) is 11.1 Å². The molecule has 4 aromatic rings. The van der Waals surface area contributed by atoms with Gasteiger partial charge in [-0.3, -0.25) is 9.52 Å². The van der Waals surface area contributed by atoms with Crippen LogP contribution in [-0.4, -0.2) is 14.3 Å². The summed E-state index contributed by atoms with van der Waals surface area (Å²) in [5.74, 6) is -0.244. The van der Waals surface area contributed by atoms with Crippen molar-refractivity contribution < 1.29 is 13.2 Å². The van der Waals surface area contributed by atoms with E-state index < -0.39 is 10.0 Å². The van der Waals surface area contributed by atoms with E-state index in [-0.39, 0.29) is 10.8 Å². The summed E-state index contributed by atoms with van der Waals surface area (Å²) in [6.07, 6.45) is 0. The SMILES string of the molecule is O=C(Nc1cccc(NS(=O)(=O)c2ccccc2)c1)c1sccc1-c1ccccc1. The Morgan fingerprint density at radius 1 is 0.767 bits per heavy atom. The molecule has 0 saturated heterocycles. The number of benzene rings is 3. The molecule has 1 aromatic heterocycles. The minimum absolute atomic E-state index is 0.172. The van der Waals surface area contributed by atoms with Crippen LogP contribution in [-0.2, 0) is 10.0 Å². The van der Waals surface area contributed by atoms with Crippen LogP contribution >= 0.6 is 11.3 Å². The topological polar surface area (TPSA) is 75.3 Å². The monoisotopic (exact) mass is 434 g/mol. The van der Waals surface area contributed by atoms with Crippen LogP contribution < -0.4 is 10.0 Å². The predicted molar refractivity (Wildman–Crippen MR) is 121 cm³/mol. The molecule has 0 atom stereocenters. The lowest BCUT2D eigenvalue weighted by molar-refractivity contribution is 0.103. The number of carbonyl (C=O) groups is 1. The fourth-order valence-corrected chi connectivity index (χ4v) is 4.87. The van der Waals surface area contributed by atoms with Gasteiger partial charge >= 0.3 is 0 Å². The van der Waals surface area contributed by atoms with Gasteiger partial charge < -0.3 is 5.32 Å². The van der Waals surface area contributed by atoms with Gasteiger partial charge in [0.1, 0.15) is 0 Å². The normalized spacial score (nSPS) is 11.1. The fourth-order valence-electron chi connectivity index (χ4n) is 2.99. The van der Waals surface area contributed by atoms with Crippen LogP contribution in [0.2, 0.25) is 0 Å². The van der Waals surface area contributed by atoms with E-state index in [0.29, 0.717) is 16.3 Å². The van der Waals surface area contributed by atoms with E-state index in [4.69, 9.17) is 0 Å². The Labute approximate surface area is 179 Å². The number of sulfonamides is 1. The zero-order chi connectivity index (χ0) is 21.0. The third-order valence-corrected chi connectivity index (χ3v) is 6.69. The van der Waals surface area contributed by atoms with Gasteiger partial charge in [0, 0.05) is 11.3 Å². The minimum Gasteiger partial charge on any atom is -0.321 e. The van der Waals surface area contributed by atoms with E-state index in [1.54, 1.807) is 42.5 Å². The Hall–Kier alpha value is -3.42. The first-order valence-electron chi connectivity index (χ1n) is 9.15. The Balaban J connectivity index is 1.53. The van der Waals surface area contributed by atoms with Gasteiger partial charge in [0.25, 0.3) is 15.9 Å². The van der Waals surface area contributed by atoms with Crippen LogP contribution in [0.4, 0.5) is 11.4 Å². The molecule has 0 aliphatic rings. The summed E-state index contributed by atoms with van der Waals surface area (Å²) >= 11 is 1.36. The highest BCUT2D eigenvalue weighted by Gasteiger charge is 2.16. The average molecular weight is 435 g/mol. The van der Waals surface area contributed by atoms with Crippen LogP contribution in [0.3, 0.4) is 0 Å². The Kier molecular flexibility index (Phi) is 5.65. The summed E-state index contributed by atoms with van der Waals surface area (Å²) in [5, 5.41) is 4.73. The highest BCUT2D eigenvalue weighted by Crippen LogP contribution is 2.29. The molecule has 0 aliphatic carbocycles. The van der Waals surface area contributed by atoms with E-state index in [9.17, 15) is 13.2 Å². The van der Waals surface area contributed by atoms with Gasteiger partial charge in [-0.2, -0.15) is 0 Å². The maximum Gasteiger partial charge on any atom is 0.266 e. The van der Waals surface area contributed by atoms with Crippen molar-refractivity contribution in [3.05, 3.63) is 101 Å². The van der Waals surface area contributed by atoms with Gasteiger partial charge in [0.05, 0.1) is 15.5 Å². The van der Waals surface area contributed by atoms with Gasteiger partial charge in [-0.05, 0) is 47.3 Å². The fraction of sp³-hybridized carbons (Fsp3) is 0. The molecular formula is C23H18N2O3S2. The third kappa shape index (κ3) is 4.42. The molecule has 0 radical (unpaired) electrons. The second-order valence-electron chi connectivity index (χ2n) is 6.48. The Morgan fingerprint density at radius 3 is 2.17 bits per heavy atom. The van der Waals surface area contributed by atoms with Crippen LogP contribution in [0.5, 0.6) is 0 Å². The molecule has 0 aliphatic heterocycles. The van der Waals surface area contributed by atoms with Crippen molar-refractivity contribution in [2.45, 2.75) is 4.90 Å². The number of anilines is 2. The summed E-state index contributed by atoms with van der Waals surface area (Å²) < 4.78 is 27.6. The van der Waals surface area contributed by atoms with Gasteiger partial charge in [-0.25, -0.2) is 8.42 Å².